The average Bonchev–Trinajstić information content (AvgIpc) is 2.71. The lowest BCUT2D eigenvalue weighted by molar-refractivity contribution is 0.460. The summed E-state index contributed by atoms with van der Waals surface area (Å²) in [6.45, 7) is 4.46. The molecule has 14 heavy (non-hydrogen) atoms. The van der Waals surface area contributed by atoms with E-state index in [1.807, 2.05) is 0 Å². The van der Waals surface area contributed by atoms with E-state index in [1.54, 1.807) is 11.3 Å². The highest BCUT2D eigenvalue weighted by atomic mass is 79.9. The molecule has 1 aliphatic carbocycles. The molecule has 0 saturated heterocycles. The molecule has 1 nitrogen and oxygen atoms in total. The Hall–Kier alpha value is 0.140. The maximum absolute atomic E-state index is 6.19. The first kappa shape index (κ1) is 10.7. The molecular formula is C11H16BrNS. The first-order valence-corrected chi connectivity index (χ1v) is 6.62. The Morgan fingerprint density at radius 1 is 1.64 bits per heavy atom. The van der Waals surface area contributed by atoms with Gasteiger partial charge >= 0.3 is 0 Å². The molecule has 2 N–H and O–H groups in total. The van der Waals surface area contributed by atoms with Crippen molar-refractivity contribution in [1.82, 2.24) is 0 Å². The summed E-state index contributed by atoms with van der Waals surface area (Å²) in [6, 6.07) is 2.45. The van der Waals surface area contributed by atoms with Crippen LogP contribution in [0.1, 0.15) is 42.7 Å². The molecular weight excluding hydrogens is 258 g/mol. The van der Waals surface area contributed by atoms with Gasteiger partial charge in [-0.05, 0) is 59.2 Å². The van der Waals surface area contributed by atoms with Crippen molar-refractivity contribution in [1.29, 1.82) is 0 Å². The molecule has 3 heteroatoms. The third-order valence-electron chi connectivity index (χ3n) is 3.06. The highest BCUT2D eigenvalue weighted by Crippen LogP contribution is 2.51. The first-order valence-electron chi connectivity index (χ1n) is 5.02. The average molecular weight is 274 g/mol. The second kappa shape index (κ2) is 3.62. The normalized spacial score (nSPS) is 20.9. The van der Waals surface area contributed by atoms with Crippen LogP contribution in [0.15, 0.2) is 9.85 Å². The monoisotopic (exact) mass is 273 g/mol. The number of hydrogen-bond acceptors (Lipinski definition) is 2. The van der Waals surface area contributed by atoms with Crippen molar-refractivity contribution < 1.29 is 0 Å². The summed E-state index contributed by atoms with van der Waals surface area (Å²) in [5.41, 5.74) is 8.05. The zero-order chi connectivity index (χ0) is 10.3. The quantitative estimate of drug-likeness (QED) is 0.885. The molecule has 1 aliphatic rings. The van der Waals surface area contributed by atoms with Gasteiger partial charge in [0.05, 0.1) is 3.79 Å². The molecule has 0 radical (unpaired) electrons. The molecule has 1 fully saturated rings. The van der Waals surface area contributed by atoms with Gasteiger partial charge in [-0.1, -0.05) is 6.92 Å². The van der Waals surface area contributed by atoms with Crippen molar-refractivity contribution >= 4 is 27.3 Å². The maximum atomic E-state index is 6.19. The van der Waals surface area contributed by atoms with E-state index < -0.39 is 0 Å². The van der Waals surface area contributed by atoms with Gasteiger partial charge in [0.1, 0.15) is 0 Å². The van der Waals surface area contributed by atoms with Crippen LogP contribution < -0.4 is 5.73 Å². The van der Waals surface area contributed by atoms with Gasteiger partial charge in [-0.2, -0.15) is 0 Å². The fourth-order valence-corrected chi connectivity index (χ4v) is 3.29. The minimum Gasteiger partial charge on any atom is -0.323 e. The number of rotatable bonds is 3. The van der Waals surface area contributed by atoms with Crippen molar-refractivity contribution in [2.24, 2.45) is 11.1 Å². The fraction of sp³-hybridized carbons (Fsp3) is 0.636. The highest BCUT2D eigenvalue weighted by Gasteiger charge is 2.38. The van der Waals surface area contributed by atoms with Gasteiger partial charge in [0.25, 0.3) is 0 Å². The smallest absolute Gasteiger partial charge is 0.0731 e. The van der Waals surface area contributed by atoms with Gasteiger partial charge in [-0.25, -0.2) is 0 Å². The summed E-state index contributed by atoms with van der Waals surface area (Å²) in [7, 11) is 0. The summed E-state index contributed by atoms with van der Waals surface area (Å²) in [6.07, 6.45) is 3.85. The molecule has 2 rings (SSSR count). The van der Waals surface area contributed by atoms with E-state index in [4.69, 9.17) is 5.73 Å². The van der Waals surface area contributed by atoms with Crippen LogP contribution >= 0.6 is 27.3 Å². The van der Waals surface area contributed by atoms with Gasteiger partial charge in [0.15, 0.2) is 0 Å². The van der Waals surface area contributed by atoms with E-state index in [9.17, 15) is 0 Å². The summed E-state index contributed by atoms with van der Waals surface area (Å²) in [5, 5.41) is 0. The Morgan fingerprint density at radius 2 is 2.29 bits per heavy atom. The van der Waals surface area contributed by atoms with Crippen molar-refractivity contribution in [3.8, 4) is 0 Å². The van der Waals surface area contributed by atoms with E-state index in [-0.39, 0.29) is 6.04 Å². The van der Waals surface area contributed by atoms with Crippen molar-refractivity contribution in [2.45, 2.75) is 39.2 Å². The van der Waals surface area contributed by atoms with Crippen molar-refractivity contribution in [2.75, 3.05) is 0 Å². The fourth-order valence-electron chi connectivity index (χ4n) is 1.72. The third kappa shape index (κ3) is 2.20. The molecule has 0 spiro atoms. The molecule has 1 aromatic rings. The standard InChI is InChI=1S/C11H16BrNS/c1-7-5-9(14-10(7)12)8(13)6-11(2)3-4-11/h5,8H,3-4,6,13H2,1-2H3. The van der Waals surface area contributed by atoms with Crippen molar-refractivity contribution in [3.63, 3.8) is 0 Å². The topological polar surface area (TPSA) is 26.0 Å². The molecule has 1 saturated carbocycles. The molecule has 0 aromatic carbocycles. The largest absolute Gasteiger partial charge is 0.323 e. The van der Waals surface area contributed by atoms with E-state index in [1.165, 1.54) is 27.1 Å². The van der Waals surface area contributed by atoms with Gasteiger partial charge in [-0.15, -0.1) is 11.3 Å². The van der Waals surface area contributed by atoms with Crippen LogP contribution in [0.2, 0.25) is 0 Å². The molecule has 1 heterocycles. The summed E-state index contributed by atoms with van der Waals surface area (Å²) < 4.78 is 1.23. The molecule has 1 atom stereocenters. The lowest BCUT2D eigenvalue weighted by Crippen LogP contribution is -2.13. The Labute approximate surface area is 97.8 Å². The van der Waals surface area contributed by atoms with Gasteiger partial charge in [0.2, 0.25) is 0 Å². The second-order valence-electron chi connectivity index (χ2n) is 4.73. The van der Waals surface area contributed by atoms with Crippen LogP contribution in [0.4, 0.5) is 0 Å². The molecule has 0 aliphatic heterocycles. The van der Waals surface area contributed by atoms with Crippen LogP contribution in [0.25, 0.3) is 0 Å². The van der Waals surface area contributed by atoms with Crippen LogP contribution in [0.5, 0.6) is 0 Å². The Bertz CT molecular complexity index is 322. The lowest BCUT2D eigenvalue weighted by Gasteiger charge is -2.14. The van der Waals surface area contributed by atoms with E-state index >= 15 is 0 Å². The van der Waals surface area contributed by atoms with Crippen LogP contribution in [0.3, 0.4) is 0 Å². The Morgan fingerprint density at radius 3 is 2.71 bits per heavy atom. The summed E-state index contributed by atoms with van der Waals surface area (Å²) in [4.78, 5) is 1.32. The zero-order valence-electron chi connectivity index (χ0n) is 8.64. The molecule has 78 valence electrons. The van der Waals surface area contributed by atoms with Gasteiger partial charge < -0.3 is 5.73 Å². The SMILES string of the molecule is Cc1cc(C(N)CC2(C)CC2)sc1Br. The first-order chi connectivity index (χ1) is 6.50. The second-order valence-corrected chi connectivity index (χ2v) is 7.13. The van der Waals surface area contributed by atoms with Crippen molar-refractivity contribution in [3.05, 3.63) is 20.3 Å². The summed E-state index contributed by atoms with van der Waals surface area (Å²) >= 11 is 5.33. The molecule has 0 bridgehead atoms. The number of aryl methyl sites for hydroxylation is 1. The Balaban J connectivity index is 2.06. The Kier molecular flexibility index (Phi) is 2.75. The molecule has 0 amide bonds. The number of hydrogen-bond donors (Lipinski definition) is 1. The van der Waals surface area contributed by atoms with Gasteiger partial charge in [0, 0.05) is 10.9 Å². The van der Waals surface area contributed by atoms with E-state index in [2.05, 4.69) is 35.8 Å². The third-order valence-corrected chi connectivity index (χ3v) is 5.33. The minimum atomic E-state index is 0.234. The number of thiophene rings is 1. The molecule has 1 aromatic heterocycles. The van der Waals surface area contributed by atoms with Crippen LogP contribution in [-0.2, 0) is 0 Å². The predicted octanol–water partition coefficient (Wildman–Crippen LogP) is 4.01. The van der Waals surface area contributed by atoms with E-state index in [0.717, 1.165) is 6.42 Å². The number of halogens is 1. The lowest BCUT2D eigenvalue weighted by atomic mass is 9.99. The molecule has 1 unspecified atom stereocenters. The predicted molar refractivity (Wildman–Crippen MR) is 65.6 cm³/mol. The number of nitrogens with two attached hydrogens (primary N) is 1. The van der Waals surface area contributed by atoms with Crippen LogP contribution in [-0.4, -0.2) is 0 Å². The maximum Gasteiger partial charge on any atom is 0.0731 e. The summed E-state index contributed by atoms with van der Waals surface area (Å²) in [5.74, 6) is 0. The van der Waals surface area contributed by atoms with Crippen LogP contribution in [0, 0.1) is 12.3 Å². The van der Waals surface area contributed by atoms with E-state index in [0.29, 0.717) is 5.41 Å². The highest BCUT2D eigenvalue weighted by molar-refractivity contribution is 9.11. The zero-order valence-corrected chi connectivity index (χ0v) is 11.0. The minimum absolute atomic E-state index is 0.234. The van der Waals surface area contributed by atoms with Gasteiger partial charge in [-0.3, -0.25) is 0 Å².